The zero-order chi connectivity index (χ0) is 19.7. The van der Waals surface area contributed by atoms with Crippen molar-refractivity contribution < 1.29 is 14.6 Å². The molecule has 11 heteroatoms. The van der Waals surface area contributed by atoms with Gasteiger partial charge < -0.3 is 5.73 Å². The van der Waals surface area contributed by atoms with E-state index in [0.29, 0.717) is 0 Å². The van der Waals surface area contributed by atoms with Crippen LogP contribution in [0.2, 0.25) is 0 Å². The Morgan fingerprint density at radius 3 is 2.48 bits per heavy atom. The van der Waals surface area contributed by atoms with Crippen LogP contribution in [-0.4, -0.2) is 25.3 Å². The number of nitro groups is 2. The van der Waals surface area contributed by atoms with E-state index in [4.69, 9.17) is 5.73 Å². The Bertz CT molecular complexity index is 1170. The molecule has 0 aliphatic rings. The number of amides is 1. The number of hydrogen-bond acceptors (Lipinski definition) is 7. The van der Waals surface area contributed by atoms with Crippen LogP contribution in [0.4, 0.5) is 11.4 Å². The SMILES string of the molecule is NC(=O)c1ccc(Cn2cnc3ccc([N+](=O)[O-])cc3c2=O)c([N+](=O)[O-])c1. The van der Waals surface area contributed by atoms with Gasteiger partial charge in [-0.05, 0) is 18.2 Å². The van der Waals surface area contributed by atoms with Crippen LogP contribution < -0.4 is 11.3 Å². The van der Waals surface area contributed by atoms with Gasteiger partial charge in [-0.3, -0.25) is 34.4 Å². The molecule has 1 aromatic heterocycles. The summed E-state index contributed by atoms with van der Waals surface area (Å²) in [6, 6.07) is 7.35. The Kier molecular flexibility index (Phi) is 4.34. The van der Waals surface area contributed by atoms with Gasteiger partial charge in [0.1, 0.15) is 0 Å². The number of nitro benzene ring substituents is 2. The van der Waals surface area contributed by atoms with Gasteiger partial charge >= 0.3 is 0 Å². The minimum Gasteiger partial charge on any atom is -0.366 e. The second kappa shape index (κ2) is 6.63. The molecule has 0 aliphatic heterocycles. The van der Waals surface area contributed by atoms with Gasteiger partial charge in [0.15, 0.2) is 0 Å². The summed E-state index contributed by atoms with van der Waals surface area (Å²) in [5, 5.41) is 22.2. The van der Waals surface area contributed by atoms with Crippen molar-refractivity contribution in [1.29, 1.82) is 0 Å². The molecule has 2 aromatic carbocycles. The molecule has 3 rings (SSSR count). The van der Waals surface area contributed by atoms with Crippen LogP contribution in [0.3, 0.4) is 0 Å². The molecule has 0 aliphatic carbocycles. The summed E-state index contributed by atoms with van der Waals surface area (Å²) < 4.78 is 1.10. The summed E-state index contributed by atoms with van der Waals surface area (Å²) in [5.41, 5.74) is 4.28. The molecular formula is C16H11N5O6. The quantitative estimate of drug-likeness (QED) is 0.523. The highest BCUT2D eigenvalue weighted by atomic mass is 16.6. The van der Waals surface area contributed by atoms with E-state index in [1.807, 2.05) is 0 Å². The van der Waals surface area contributed by atoms with Crippen molar-refractivity contribution >= 4 is 28.2 Å². The number of carbonyl (C=O) groups is 1. The van der Waals surface area contributed by atoms with E-state index in [2.05, 4.69) is 4.98 Å². The lowest BCUT2D eigenvalue weighted by molar-refractivity contribution is -0.385. The van der Waals surface area contributed by atoms with E-state index in [1.165, 1.54) is 30.6 Å². The van der Waals surface area contributed by atoms with Crippen molar-refractivity contribution in [3.05, 3.63) is 84.4 Å². The number of primary amides is 1. The maximum atomic E-state index is 12.6. The number of carbonyl (C=O) groups excluding carboxylic acids is 1. The zero-order valence-corrected chi connectivity index (χ0v) is 13.6. The first kappa shape index (κ1) is 17.7. The van der Waals surface area contributed by atoms with Crippen LogP contribution in [0.25, 0.3) is 10.9 Å². The Hall–Kier alpha value is -4.15. The third-order valence-corrected chi connectivity index (χ3v) is 3.93. The fraction of sp³-hybridized carbons (Fsp3) is 0.0625. The van der Waals surface area contributed by atoms with Gasteiger partial charge in [0.05, 0.1) is 33.6 Å². The molecule has 0 atom stereocenters. The zero-order valence-electron chi connectivity index (χ0n) is 13.6. The normalized spacial score (nSPS) is 10.7. The summed E-state index contributed by atoms with van der Waals surface area (Å²) >= 11 is 0. The third kappa shape index (κ3) is 3.33. The molecule has 11 nitrogen and oxygen atoms in total. The summed E-state index contributed by atoms with van der Waals surface area (Å²) in [6.07, 6.45) is 1.20. The number of non-ortho nitro benzene ring substituents is 1. The average Bonchev–Trinajstić information content (AvgIpc) is 2.63. The molecular weight excluding hydrogens is 358 g/mol. The summed E-state index contributed by atoms with van der Waals surface area (Å²) in [5.74, 6) is -0.818. The average molecular weight is 369 g/mol. The molecule has 3 aromatic rings. The van der Waals surface area contributed by atoms with E-state index in [0.717, 1.165) is 16.7 Å². The predicted octanol–water partition coefficient (Wildman–Crippen LogP) is 1.36. The maximum Gasteiger partial charge on any atom is 0.275 e. The van der Waals surface area contributed by atoms with E-state index in [-0.39, 0.29) is 39.9 Å². The lowest BCUT2D eigenvalue weighted by Crippen LogP contribution is -2.22. The fourth-order valence-corrected chi connectivity index (χ4v) is 2.58. The van der Waals surface area contributed by atoms with Gasteiger partial charge in [-0.2, -0.15) is 0 Å². The number of fused-ring (bicyclic) bond motifs is 1. The van der Waals surface area contributed by atoms with Crippen molar-refractivity contribution in [1.82, 2.24) is 9.55 Å². The smallest absolute Gasteiger partial charge is 0.275 e. The number of nitrogens with zero attached hydrogens (tertiary/aromatic N) is 4. The third-order valence-electron chi connectivity index (χ3n) is 3.93. The second-order valence-electron chi connectivity index (χ2n) is 5.60. The Balaban J connectivity index is 2.10. The molecule has 136 valence electrons. The molecule has 0 radical (unpaired) electrons. The van der Waals surface area contributed by atoms with Gasteiger partial charge in [-0.25, -0.2) is 4.98 Å². The standard InChI is InChI=1S/C16H11N5O6/c17-15(22)9-1-2-10(14(5-9)21(26)27)7-19-8-18-13-4-3-11(20(24)25)6-12(13)16(19)23/h1-6,8H,7H2,(H2,17,22). The Morgan fingerprint density at radius 2 is 1.85 bits per heavy atom. The van der Waals surface area contributed by atoms with Gasteiger partial charge in [0.2, 0.25) is 5.91 Å². The monoisotopic (exact) mass is 369 g/mol. The highest BCUT2D eigenvalue weighted by molar-refractivity contribution is 5.93. The number of rotatable bonds is 5. The van der Waals surface area contributed by atoms with Crippen molar-refractivity contribution in [3.8, 4) is 0 Å². The van der Waals surface area contributed by atoms with Gasteiger partial charge in [0, 0.05) is 29.3 Å². The maximum absolute atomic E-state index is 12.6. The summed E-state index contributed by atoms with van der Waals surface area (Å²) in [6.45, 7) is -0.209. The molecule has 1 amide bonds. The van der Waals surface area contributed by atoms with Crippen molar-refractivity contribution in [2.24, 2.45) is 5.73 Å². The molecule has 0 saturated carbocycles. The molecule has 27 heavy (non-hydrogen) atoms. The molecule has 0 unspecified atom stereocenters. The van der Waals surface area contributed by atoms with Gasteiger partial charge in [-0.15, -0.1) is 0 Å². The minimum atomic E-state index is -0.818. The predicted molar refractivity (Wildman–Crippen MR) is 93.4 cm³/mol. The lowest BCUT2D eigenvalue weighted by atomic mass is 10.1. The molecule has 0 saturated heterocycles. The van der Waals surface area contributed by atoms with Crippen LogP contribution in [-0.2, 0) is 6.54 Å². The first-order chi connectivity index (χ1) is 12.8. The number of benzene rings is 2. The first-order valence-corrected chi connectivity index (χ1v) is 7.48. The number of hydrogen-bond donors (Lipinski definition) is 1. The van der Waals surface area contributed by atoms with Crippen LogP contribution in [0.5, 0.6) is 0 Å². The van der Waals surface area contributed by atoms with Crippen LogP contribution in [0.1, 0.15) is 15.9 Å². The Labute approximate surface area is 150 Å². The topological polar surface area (TPSA) is 164 Å². The van der Waals surface area contributed by atoms with Crippen LogP contribution >= 0.6 is 0 Å². The first-order valence-electron chi connectivity index (χ1n) is 7.48. The largest absolute Gasteiger partial charge is 0.366 e. The van der Waals surface area contributed by atoms with Crippen LogP contribution in [0, 0.1) is 20.2 Å². The summed E-state index contributed by atoms with van der Waals surface area (Å²) in [4.78, 5) is 48.7. The summed E-state index contributed by atoms with van der Waals surface area (Å²) in [7, 11) is 0. The van der Waals surface area contributed by atoms with Gasteiger partial charge in [0.25, 0.3) is 16.9 Å². The fourth-order valence-electron chi connectivity index (χ4n) is 2.58. The van der Waals surface area contributed by atoms with Crippen LogP contribution in [0.15, 0.2) is 47.5 Å². The van der Waals surface area contributed by atoms with Crippen molar-refractivity contribution in [2.45, 2.75) is 6.54 Å². The van der Waals surface area contributed by atoms with E-state index >= 15 is 0 Å². The van der Waals surface area contributed by atoms with E-state index < -0.39 is 21.3 Å². The highest BCUT2D eigenvalue weighted by Gasteiger charge is 2.18. The minimum absolute atomic E-state index is 0.0168. The highest BCUT2D eigenvalue weighted by Crippen LogP contribution is 2.22. The lowest BCUT2D eigenvalue weighted by Gasteiger charge is -2.08. The molecule has 0 spiro atoms. The number of nitrogens with two attached hydrogens (primary N) is 1. The molecule has 1 heterocycles. The molecule has 0 bridgehead atoms. The van der Waals surface area contributed by atoms with Crippen molar-refractivity contribution in [2.75, 3.05) is 0 Å². The van der Waals surface area contributed by atoms with E-state index in [1.54, 1.807) is 0 Å². The molecule has 0 fully saturated rings. The van der Waals surface area contributed by atoms with Gasteiger partial charge in [-0.1, -0.05) is 0 Å². The van der Waals surface area contributed by atoms with Crippen molar-refractivity contribution in [3.63, 3.8) is 0 Å². The van der Waals surface area contributed by atoms with E-state index in [9.17, 15) is 29.8 Å². The molecule has 2 N–H and O–H groups in total. The Morgan fingerprint density at radius 1 is 1.11 bits per heavy atom. The second-order valence-corrected chi connectivity index (χ2v) is 5.60. The number of aromatic nitrogens is 2.